The van der Waals surface area contributed by atoms with Crippen LogP contribution in [0.25, 0.3) is 0 Å². The van der Waals surface area contributed by atoms with E-state index < -0.39 is 21.5 Å². The van der Waals surface area contributed by atoms with E-state index in [0.717, 1.165) is 6.26 Å². The van der Waals surface area contributed by atoms with E-state index in [1.807, 2.05) is 0 Å². The number of rotatable bonds is 2. The highest BCUT2D eigenvalue weighted by Gasteiger charge is 2.47. The molecule has 0 radical (unpaired) electrons. The highest BCUT2D eigenvalue weighted by Crippen LogP contribution is 2.34. The number of hydrogen-bond donors (Lipinski definition) is 0. The van der Waals surface area contributed by atoms with Crippen molar-refractivity contribution in [3.63, 3.8) is 0 Å². The zero-order valence-corrected chi connectivity index (χ0v) is 12.8. The van der Waals surface area contributed by atoms with Crippen molar-refractivity contribution in [2.75, 3.05) is 32.4 Å². The summed E-state index contributed by atoms with van der Waals surface area (Å²) in [7, 11) is -3.21. The highest BCUT2D eigenvalue weighted by atomic mass is 32.2. The standard InChI is InChI=1S/C12H20N2O5S/c1-12(2)9(8-10(15)19-12)11(16)13-4-6-14(7-5-13)20(3,17)18/h9H,4-8H2,1-3H3/t9-/m0/s1. The highest BCUT2D eigenvalue weighted by molar-refractivity contribution is 7.88. The number of hydrogen-bond acceptors (Lipinski definition) is 5. The molecule has 1 amide bonds. The molecule has 0 unspecified atom stereocenters. The minimum atomic E-state index is -3.21. The lowest BCUT2D eigenvalue weighted by atomic mass is 9.89. The van der Waals surface area contributed by atoms with Crippen molar-refractivity contribution in [2.24, 2.45) is 5.92 Å². The molecule has 0 aromatic rings. The minimum absolute atomic E-state index is 0.0954. The molecule has 8 heteroatoms. The number of carbonyl (C=O) groups is 2. The molecule has 20 heavy (non-hydrogen) atoms. The Balaban J connectivity index is 2.01. The topological polar surface area (TPSA) is 84.0 Å². The Morgan fingerprint density at radius 1 is 1.25 bits per heavy atom. The lowest BCUT2D eigenvalue weighted by Gasteiger charge is -2.36. The molecule has 2 aliphatic rings. The fourth-order valence-corrected chi connectivity index (χ4v) is 3.49. The molecule has 7 nitrogen and oxygen atoms in total. The lowest BCUT2D eigenvalue weighted by Crippen LogP contribution is -2.53. The summed E-state index contributed by atoms with van der Waals surface area (Å²) in [4.78, 5) is 25.4. The largest absolute Gasteiger partial charge is 0.459 e. The van der Waals surface area contributed by atoms with Crippen molar-refractivity contribution >= 4 is 21.9 Å². The summed E-state index contributed by atoms with van der Waals surface area (Å²) >= 11 is 0. The fourth-order valence-electron chi connectivity index (χ4n) is 2.66. The van der Waals surface area contributed by atoms with E-state index in [4.69, 9.17) is 4.74 Å². The van der Waals surface area contributed by atoms with E-state index in [2.05, 4.69) is 0 Å². The predicted molar refractivity (Wildman–Crippen MR) is 71.3 cm³/mol. The molecule has 0 aromatic carbocycles. The van der Waals surface area contributed by atoms with Crippen molar-refractivity contribution in [3.8, 4) is 0 Å². The van der Waals surface area contributed by atoms with E-state index in [9.17, 15) is 18.0 Å². The van der Waals surface area contributed by atoms with Crippen LogP contribution in [0.1, 0.15) is 20.3 Å². The molecule has 0 aliphatic carbocycles. The maximum Gasteiger partial charge on any atom is 0.307 e. The second-order valence-corrected chi connectivity index (χ2v) is 7.80. The number of piperazine rings is 1. The van der Waals surface area contributed by atoms with Gasteiger partial charge in [-0.05, 0) is 13.8 Å². The van der Waals surface area contributed by atoms with E-state index in [-0.39, 0.29) is 18.3 Å². The summed E-state index contributed by atoms with van der Waals surface area (Å²) in [5.74, 6) is -0.975. The van der Waals surface area contributed by atoms with Crippen molar-refractivity contribution in [2.45, 2.75) is 25.9 Å². The van der Waals surface area contributed by atoms with E-state index >= 15 is 0 Å². The molecule has 0 N–H and O–H groups in total. The van der Waals surface area contributed by atoms with Gasteiger partial charge in [0.05, 0.1) is 18.6 Å². The quantitative estimate of drug-likeness (QED) is 0.638. The number of sulfonamides is 1. The maximum atomic E-state index is 12.4. The first-order chi connectivity index (χ1) is 9.11. The Hall–Kier alpha value is -1.15. The molecular weight excluding hydrogens is 284 g/mol. The fraction of sp³-hybridized carbons (Fsp3) is 0.833. The van der Waals surface area contributed by atoms with Gasteiger partial charge in [-0.15, -0.1) is 0 Å². The third-order valence-corrected chi connectivity index (χ3v) is 5.21. The molecule has 0 aromatic heterocycles. The summed E-state index contributed by atoms with van der Waals surface area (Å²) in [5.41, 5.74) is -0.790. The van der Waals surface area contributed by atoms with Gasteiger partial charge < -0.3 is 9.64 Å². The van der Waals surface area contributed by atoms with Gasteiger partial charge in [-0.3, -0.25) is 9.59 Å². The maximum absolute atomic E-state index is 12.4. The molecule has 2 heterocycles. The van der Waals surface area contributed by atoms with Crippen LogP contribution in [-0.4, -0.2) is 67.5 Å². The molecule has 0 spiro atoms. The Bertz CT molecular complexity index is 520. The SMILES string of the molecule is CC1(C)OC(=O)C[C@H]1C(=O)N1CCN(S(C)(=O)=O)CC1. The summed E-state index contributed by atoms with van der Waals surface area (Å²) in [6, 6.07) is 0. The molecule has 2 fully saturated rings. The van der Waals surface area contributed by atoms with Gasteiger partial charge in [-0.2, -0.15) is 4.31 Å². The lowest BCUT2D eigenvalue weighted by molar-refractivity contribution is -0.149. The molecule has 2 rings (SSSR count). The molecule has 2 aliphatic heterocycles. The minimum Gasteiger partial charge on any atom is -0.459 e. The van der Waals surface area contributed by atoms with E-state index in [0.29, 0.717) is 26.2 Å². The molecule has 2 saturated heterocycles. The Morgan fingerprint density at radius 3 is 2.20 bits per heavy atom. The molecule has 0 bridgehead atoms. The zero-order valence-electron chi connectivity index (χ0n) is 12.0. The molecule has 0 saturated carbocycles. The van der Waals surface area contributed by atoms with Crippen molar-refractivity contribution in [3.05, 3.63) is 0 Å². The van der Waals surface area contributed by atoms with Crippen LogP contribution in [0, 0.1) is 5.92 Å². The number of esters is 1. The second-order valence-electron chi connectivity index (χ2n) is 5.82. The first-order valence-electron chi connectivity index (χ1n) is 6.57. The Morgan fingerprint density at radius 2 is 1.80 bits per heavy atom. The van der Waals surface area contributed by atoms with Gasteiger partial charge in [0.25, 0.3) is 0 Å². The number of amides is 1. The third kappa shape index (κ3) is 2.95. The van der Waals surface area contributed by atoms with Crippen LogP contribution in [0.2, 0.25) is 0 Å². The van der Waals surface area contributed by atoms with Crippen LogP contribution in [0.4, 0.5) is 0 Å². The van der Waals surface area contributed by atoms with Gasteiger partial charge in [0.2, 0.25) is 15.9 Å². The zero-order chi connectivity index (χ0) is 15.1. The van der Waals surface area contributed by atoms with Crippen molar-refractivity contribution < 1.29 is 22.7 Å². The van der Waals surface area contributed by atoms with Crippen LogP contribution >= 0.6 is 0 Å². The normalized spacial score (nSPS) is 27.4. The third-order valence-electron chi connectivity index (χ3n) is 3.90. The second kappa shape index (κ2) is 5.00. The average Bonchev–Trinajstić information content (AvgIpc) is 2.60. The van der Waals surface area contributed by atoms with Crippen molar-refractivity contribution in [1.29, 1.82) is 0 Å². The van der Waals surface area contributed by atoms with Crippen LogP contribution in [0.15, 0.2) is 0 Å². The van der Waals surface area contributed by atoms with Crippen LogP contribution in [0.3, 0.4) is 0 Å². The molecule has 114 valence electrons. The van der Waals surface area contributed by atoms with E-state index in [1.54, 1.807) is 18.7 Å². The van der Waals surface area contributed by atoms with Crippen molar-refractivity contribution in [1.82, 2.24) is 9.21 Å². The van der Waals surface area contributed by atoms with Gasteiger partial charge in [-0.1, -0.05) is 0 Å². The number of carbonyl (C=O) groups excluding carboxylic acids is 2. The van der Waals surface area contributed by atoms with Gasteiger partial charge >= 0.3 is 5.97 Å². The average molecular weight is 304 g/mol. The van der Waals surface area contributed by atoms with Gasteiger partial charge in [-0.25, -0.2) is 8.42 Å². The first-order valence-corrected chi connectivity index (χ1v) is 8.42. The smallest absolute Gasteiger partial charge is 0.307 e. The summed E-state index contributed by atoms with van der Waals surface area (Å²) < 4.78 is 29.4. The van der Waals surface area contributed by atoms with Crippen LogP contribution < -0.4 is 0 Å². The number of nitrogens with zero attached hydrogens (tertiary/aromatic N) is 2. The summed E-state index contributed by atoms with van der Waals surface area (Å²) in [5, 5.41) is 0. The van der Waals surface area contributed by atoms with Crippen LogP contribution in [-0.2, 0) is 24.3 Å². The monoisotopic (exact) mass is 304 g/mol. The number of cyclic esters (lactones) is 1. The summed E-state index contributed by atoms with van der Waals surface area (Å²) in [6.07, 6.45) is 1.26. The first kappa shape index (κ1) is 15.2. The van der Waals surface area contributed by atoms with Gasteiger partial charge in [0, 0.05) is 26.2 Å². The van der Waals surface area contributed by atoms with Gasteiger partial charge in [0.15, 0.2) is 0 Å². The Labute approximate surface area is 118 Å². The molecule has 1 atom stereocenters. The van der Waals surface area contributed by atoms with Crippen LogP contribution in [0.5, 0.6) is 0 Å². The number of ether oxygens (including phenoxy) is 1. The summed E-state index contributed by atoms with van der Waals surface area (Å²) in [6.45, 7) is 4.76. The Kier molecular flexibility index (Phi) is 3.81. The van der Waals surface area contributed by atoms with Gasteiger partial charge in [0.1, 0.15) is 5.60 Å². The van der Waals surface area contributed by atoms with E-state index in [1.165, 1.54) is 4.31 Å². The molecular formula is C12H20N2O5S. The predicted octanol–water partition coefficient (Wildman–Crippen LogP) is -0.568.